The minimum atomic E-state index is -0.779. The number of thioether (sulfide) groups is 1. The third-order valence-corrected chi connectivity index (χ3v) is 8.65. The van der Waals surface area contributed by atoms with Crippen molar-refractivity contribution in [2.45, 2.75) is 43.4 Å². The van der Waals surface area contributed by atoms with Crippen molar-refractivity contribution in [3.63, 3.8) is 0 Å². The molecule has 1 saturated heterocycles. The molecule has 0 bridgehead atoms. The van der Waals surface area contributed by atoms with E-state index < -0.39 is 5.97 Å². The molecule has 4 rings (SSSR count). The number of piperidine rings is 1. The van der Waals surface area contributed by atoms with Gasteiger partial charge in [-0.3, -0.25) is 4.79 Å². The molecule has 1 aliphatic heterocycles. The van der Waals surface area contributed by atoms with Crippen molar-refractivity contribution < 1.29 is 14.6 Å². The van der Waals surface area contributed by atoms with Gasteiger partial charge in [-0.1, -0.05) is 35.9 Å². The number of carbonyl (C=O) groups is 1. The van der Waals surface area contributed by atoms with Crippen molar-refractivity contribution in [2.24, 2.45) is 5.92 Å². The van der Waals surface area contributed by atoms with Gasteiger partial charge in [-0.25, -0.2) is 4.98 Å². The number of carboxylic acid groups (broad SMARTS) is 1. The maximum absolute atomic E-state index is 11.0. The number of halogens is 1. The average Bonchev–Trinajstić information content (AvgIpc) is 3.22. The van der Waals surface area contributed by atoms with Gasteiger partial charge in [0.2, 0.25) is 0 Å². The van der Waals surface area contributed by atoms with Crippen LogP contribution in [0.1, 0.15) is 44.1 Å². The number of aliphatic carboxylic acids is 1. The summed E-state index contributed by atoms with van der Waals surface area (Å²) >= 11 is 9.67. The molecule has 0 saturated carbocycles. The van der Waals surface area contributed by atoms with E-state index in [9.17, 15) is 4.79 Å². The predicted octanol–water partition coefficient (Wildman–Crippen LogP) is 6.94. The molecule has 2 heterocycles. The number of methoxy groups -OCH3 is 1. The molecular weight excluding hydrogens is 476 g/mol. The van der Waals surface area contributed by atoms with Crippen LogP contribution in [-0.2, 0) is 4.79 Å². The van der Waals surface area contributed by atoms with Crippen molar-refractivity contribution in [3.05, 3.63) is 47.0 Å². The van der Waals surface area contributed by atoms with Crippen LogP contribution in [0.15, 0.2) is 41.3 Å². The van der Waals surface area contributed by atoms with Crippen molar-refractivity contribution in [1.29, 1.82) is 0 Å². The van der Waals surface area contributed by atoms with Crippen LogP contribution in [0, 0.1) is 5.92 Å². The second-order valence-electron chi connectivity index (χ2n) is 8.59. The Bertz CT molecular complexity index is 1110. The van der Waals surface area contributed by atoms with Crippen LogP contribution in [0.2, 0.25) is 5.02 Å². The summed E-state index contributed by atoms with van der Waals surface area (Å²) in [5.74, 6) is 1.79. The standard InChI is InChI=1S/C25H29ClN2O3S2/c1-16(13-24(29)30)18-3-6-22(21(14-18)31-2)32-12-9-17-7-10-28(11-8-17)25-27-20-5-4-19(26)15-23(20)33-25/h3-6,14-17H,7-13H2,1-2H3,(H,29,30). The van der Waals surface area contributed by atoms with Gasteiger partial charge in [-0.15, -0.1) is 11.8 Å². The van der Waals surface area contributed by atoms with Crippen molar-refractivity contribution in [2.75, 3.05) is 30.9 Å². The highest BCUT2D eigenvalue weighted by Gasteiger charge is 2.22. The third-order valence-electron chi connectivity index (χ3n) is 6.25. The lowest BCUT2D eigenvalue weighted by molar-refractivity contribution is -0.137. The first-order chi connectivity index (χ1) is 15.9. The Morgan fingerprint density at radius 3 is 2.82 bits per heavy atom. The van der Waals surface area contributed by atoms with E-state index in [0.29, 0.717) is 0 Å². The Morgan fingerprint density at radius 2 is 2.09 bits per heavy atom. The number of fused-ring (bicyclic) bond motifs is 1. The number of thiazole rings is 1. The third kappa shape index (κ3) is 6.14. The SMILES string of the molecule is COc1cc(C(C)CC(=O)O)ccc1SCCC1CCN(c2nc3ccc(Cl)cc3s2)CC1. The zero-order valence-electron chi connectivity index (χ0n) is 18.9. The molecule has 3 aromatic rings. The first kappa shape index (κ1) is 24.2. The minimum Gasteiger partial charge on any atom is -0.496 e. The molecule has 5 nitrogen and oxygen atoms in total. The smallest absolute Gasteiger partial charge is 0.303 e. The molecule has 2 aromatic carbocycles. The molecule has 176 valence electrons. The molecule has 0 aliphatic carbocycles. The van der Waals surface area contributed by atoms with Crippen LogP contribution in [0.4, 0.5) is 5.13 Å². The van der Waals surface area contributed by atoms with Crippen LogP contribution < -0.4 is 9.64 Å². The fourth-order valence-electron chi connectivity index (χ4n) is 4.26. The van der Waals surface area contributed by atoms with E-state index in [0.717, 1.165) is 61.3 Å². The van der Waals surface area contributed by atoms with Gasteiger partial charge in [0.05, 0.1) is 23.7 Å². The molecular formula is C25H29ClN2O3S2. The van der Waals surface area contributed by atoms with E-state index in [2.05, 4.69) is 11.0 Å². The molecule has 1 unspecified atom stereocenters. The van der Waals surface area contributed by atoms with Crippen LogP contribution in [0.5, 0.6) is 5.75 Å². The van der Waals surface area contributed by atoms with Crippen molar-refractivity contribution in [3.8, 4) is 5.75 Å². The topological polar surface area (TPSA) is 62.7 Å². The average molecular weight is 505 g/mol. The van der Waals surface area contributed by atoms with E-state index in [1.54, 1.807) is 18.4 Å². The number of hydrogen-bond donors (Lipinski definition) is 1. The fourth-order valence-corrected chi connectivity index (χ4v) is 6.67. The van der Waals surface area contributed by atoms with Gasteiger partial charge >= 0.3 is 5.97 Å². The van der Waals surface area contributed by atoms with E-state index in [4.69, 9.17) is 26.4 Å². The number of hydrogen-bond acceptors (Lipinski definition) is 6. The van der Waals surface area contributed by atoms with Crippen molar-refractivity contribution >= 4 is 56.0 Å². The highest BCUT2D eigenvalue weighted by molar-refractivity contribution is 7.99. The van der Waals surface area contributed by atoms with Crippen LogP contribution in [-0.4, -0.2) is 42.0 Å². The predicted molar refractivity (Wildman–Crippen MR) is 139 cm³/mol. The normalized spacial score (nSPS) is 15.7. The van der Waals surface area contributed by atoms with E-state index in [-0.39, 0.29) is 12.3 Å². The van der Waals surface area contributed by atoms with Gasteiger partial charge in [0.25, 0.3) is 0 Å². The monoisotopic (exact) mass is 504 g/mol. The first-order valence-electron chi connectivity index (χ1n) is 11.3. The quantitative estimate of drug-likeness (QED) is 0.318. The molecule has 1 aromatic heterocycles. The molecule has 8 heteroatoms. The summed E-state index contributed by atoms with van der Waals surface area (Å²) < 4.78 is 6.74. The number of benzene rings is 2. The Labute approximate surface area is 208 Å². The Morgan fingerprint density at radius 1 is 1.30 bits per heavy atom. The summed E-state index contributed by atoms with van der Waals surface area (Å²) in [6.45, 7) is 4.02. The fraction of sp³-hybridized carbons (Fsp3) is 0.440. The summed E-state index contributed by atoms with van der Waals surface area (Å²) in [5, 5.41) is 10.9. The van der Waals surface area contributed by atoms with Crippen LogP contribution in [0.3, 0.4) is 0 Å². The molecule has 33 heavy (non-hydrogen) atoms. The second-order valence-corrected chi connectivity index (χ2v) is 11.2. The van der Waals surface area contributed by atoms with Gasteiger partial charge in [0.1, 0.15) is 5.75 Å². The lowest BCUT2D eigenvalue weighted by Gasteiger charge is -2.31. The summed E-state index contributed by atoms with van der Waals surface area (Å²) in [4.78, 5) is 19.3. The molecule has 1 atom stereocenters. The van der Waals surface area contributed by atoms with Crippen LogP contribution >= 0.6 is 34.7 Å². The Hall–Kier alpha value is -1.96. The van der Waals surface area contributed by atoms with Gasteiger partial charge in [0, 0.05) is 23.0 Å². The molecule has 0 radical (unpaired) electrons. The Balaban J connectivity index is 1.27. The highest BCUT2D eigenvalue weighted by atomic mass is 35.5. The maximum Gasteiger partial charge on any atom is 0.303 e. The molecule has 1 aliphatic rings. The van der Waals surface area contributed by atoms with Gasteiger partial charge in [-0.05, 0) is 72.7 Å². The van der Waals surface area contributed by atoms with Gasteiger partial charge in [-0.2, -0.15) is 0 Å². The minimum absolute atomic E-state index is 0.0342. The van der Waals surface area contributed by atoms with E-state index in [1.807, 2.05) is 49.0 Å². The number of nitrogens with zero attached hydrogens (tertiary/aromatic N) is 2. The Kier molecular flexibility index (Phi) is 8.04. The number of rotatable bonds is 9. The lowest BCUT2D eigenvalue weighted by Crippen LogP contribution is -2.33. The van der Waals surface area contributed by atoms with Crippen LogP contribution in [0.25, 0.3) is 10.2 Å². The maximum atomic E-state index is 11.0. The molecule has 1 fully saturated rings. The molecule has 1 N–H and O–H groups in total. The summed E-state index contributed by atoms with van der Waals surface area (Å²) in [6.07, 6.45) is 3.66. The zero-order valence-corrected chi connectivity index (χ0v) is 21.3. The summed E-state index contributed by atoms with van der Waals surface area (Å²) in [7, 11) is 1.68. The first-order valence-corrected chi connectivity index (χ1v) is 13.4. The number of anilines is 1. The van der Waals surface area contributed by atoms with Gasteiger partial charge < -0.3 is 14.7 Å². The lowest BCUT2D eigenvalue weighted by atomic mass is 9.95. The highest BCUT2D eigenvalue weighted by Crippen LogP contribution is 2.36. The van der Waals surface area contributed by atoms with Crippen molar-refractivity contribution in [1.82, 2.24) is 4.98 Å². The van der Waals surface area contributed by atoms with E-state index >= 15 is 0 Å². The molecule has 0 spiro atoms. The number of aromatic nitrogens is 1. The van der Waals surface area contributed by atoms with E-state index in [1.165, 1.54) is 19.3 Å². The second kappa shape index (κ2) is 11.0. The number of carboxylic acids is 1. The zero-order chi connectivity index (χ0) is 23.4. The summed E-state index contributed by atoms with van der Waals surface area (Å²) in [5.41, 5.74) is 2.03. The number of ether oxygens (including phenoxy) is 1. The largest absolute Gasteiger partial charge is 0.496 e. The summed E-state index contributed by atoms with van der Waals surface area (Å²) in [6, 6.07) is 12.0. The molecule has 0 amide bonds. The van der Waals surface area contributed by atoms with Gasteiger partial charge in [0.15, 0.2) is 5.13 Å².